The quantitative estimate of drug-likeness (QED) is 0.771. The van der Waals surface area contributed by atoms with Gasteiger partial charge in [0, 0.05) is 13.2 Å². The molecule has 0 spiro atoms. The lowest BCUT2D eigenvalue weighted by molar-refractivity contribution is -0.139. The van der Waals surface area contributed by atoms with Gasteiger partial charge in [0.05, 0.1) is 0 Å². The Labute approximate surface area is 103 Å². The molecule has 2 aliphatic rings. The second-order valence-electron chi connectivity index (χ2n) is 5.62. The van der Waals surface area contributed by atoms with E-state index in [4.69, 9.17) is 4.74 Å². The number of amides is 1. The molecular weight excluding hydrogens is 216 g/mol. The average Bonchev–Trinajstić information content (AvgIpc) is 2.76. The van der Waals surface area contributed by atoms with Crippen LogP contribution >= 0.6 is 0 Å². The molecule has 2 fully saturated rings. The van der Waals surface area contributed by atoms with E-state index in [1.54, 1.807) is 0 Å². The Morgan fingerprint density at radius 1 is 1.59 bits per heavy atom. The molecule has 1 amide bonds. The second-order valence-corrected chi connectivity index (χ2v) is 5.62. The maximum atomic E-state index is 12.1. The zero-order valence-corrected chi connectivity index (χ0v) is 10.9. The van der Waals surface area contributed by atoms with Crippen molar-refractivity contribution in [2.75, 3.05) is 26.2 Å². The van der Waals surface area contributed by atoms with Gasteiger partial charge in [-0.3, -0.25) is 4.79 Å². The maximum Gasteiger partial charge on any atom is 0.251 e. The molecule has 0 aliphatic carbocycles. The van der Waals surface area contributed by atoms with Crippen LogP contribution in [0.1, 0.15) is 33.1 Å². The van der Waals surface area contributed by atoms with Crippen molar-refractivity contribution in [3.63, 3.8) is 0 Å². The molecule has 2 heterocycles. The topological polar surface area (TPSA) is 50.4 Å². The fraction of sp³-hybridized carbons (Fsp3) is 0.923. The summed E-state index contributed by atoms with van der Waals surface area (Å²) in [5.74, 6) is 1.31. The largest absolute Gasteiger partial charge is 0.365 e. The van der Waals surface area contributed by atoms with Gasteiger partial charge in [0.25, 0.3) is 5.91 Å². The van der Waals surface area contributed by atoms with Crippen LogP contribution in [0.15, 0.2) is 0 Å². The maximum absolute atomic E-state index is 12.1. The summed E-state index contributed by atoms with van der Waals surface area (Å²) in [7, 11) is 0. The summed E-state index contributed by atoms with van der Waals surface area (Å²) in [6.07, 6.45) is 2.99. The molecule has 2 aliphatic heterocycles. The lowest BCUT2D eigenvalue weighted by Gasteiger charge is -2.31. The highest BCUT2D eigenvalue weighted by Gasteiger charge is 2.37. The minimum atomic E-state index is -0.573. The first kappa shape index (κ1) is 12.8. The third kappa shape index (κ3) is 2.99. The van der Waals surface area contributed by atoms with Crippen molar-refractivity contribution in [1.29, 1.82) is 0 Å². The molecule has 0 bridgehead atoms. The van der Waals surface area contributed by atoms with Gasteiger partial charge in [-0.05, 0) is 51.1 Å². The van der Waals surface area contributed by atoms with Gasteiger partial charge in [-0.15, -0.1) is 0 Å². The number of piperidine rings is 1. The molecule has 0 radical (unpaired) electrons. The third-order valence-electron chi connectivity index (χ3n) is 4.19. The highest BCUT2D eigenvalue weighted by atomic mass is 16.5. The third-order valence-corrected chi connectivity index (χ3v) is 4.19. The SMILES string of the molecule is CC1CNCCC1CNC(=O)C1(C)CCCO1. The van der Waals surface area contributed by atoms with Crippen LogP contribution < -0.4 is 10.6 Å². The molecule has 4 heteroatoms. The molecule has 0 saturated carbocycles. The van der Waals surface area contributed by atoms with E-state index in [1.165, 1.54) is 0 Å². The standard InChI is InChI=1S/C13H24N2O2/c1-10-8-14-6-4-11(10)9-15-12(16)13(2)5-3-7-17-13/h10-11,14H,3-9H2,1-2H3,(H,15,16). The molecule has 17 heavy (non-hydrogen) atoms. The van der Waals surface area contributed by atoms with Crippen molar-refractivity contribution in [2.24, 2.45) is 11.8 Å². The summed E-state index contributed by atoms with van der Waals surface area (Å²) in [5.41, 5.74) is -0.573. The van der Waals surface area contributed by atoms with E-state index in [0.717, 1.165) is 38.9 Å². The van der Waals surface area contributed by atoms with Gasteiger partial charge in [0.2, 0.25) is 0 Å². The van der Waals surface area contributed by atoms with Crippen molar-refractivity contribution < 1.29 is 9.53 Å². The molecule has 3 atom stereocenters. The Morgan fingerprint density at radius 2 is 2.41 bits per heavy atom. The molecule has 4 nitrogen and oxygen atoms in total. The monoisotopic (exact) mass is 240 g/mol. The Balaban J connectivity index is 1.79. The lowest BCUT2D eigenvalue weighted by Crippen LogP contribution is -2.48. The number of hydrogen-bond acceptors (Lipinski definition) is 3. The van der Waals surface area contributed by atoms with Gasteiger partial charge in [-0.1, -0.05) is 6.92 Å². The van der Waals surface area contributed by atoms with Crippen molar-refractivity contribution >= 4 is 5.91 Å². The number of rotatable bonds is 3. The number of ether oxygens (including phenoxy) is 1. The van der Waals surface area contributed by atoms with Crippen LogP contribution in [0.4, 0.5) is 0 Å². The van der Waals surface area contributed by atoms with E-state index < -0.39 is 5.60 Å². The first-order chi connectivity index (χ1) is 8.12. The van der Waals surface area contributed by atoms with E-state index in [-0.39, 0.29) is 5.91 Å². The van der Waals surface area contributed by atoms with Crippen LogP contribution in [0.5, 0.6) is 0 Å². The minimum Gasteiger partial charge on any atom is -0.365 e. The zero-order chi connectivity index (χ0) is 12.3. The summed E-state index contributed by atoms with van der Waals surface area (Å²) in [6.45, 7) is 7.79. The van der Waals surface area contributed by atoms with Crippen LogP contribution in [0, 0.1) is 11.8 Å². The normalized spacial score (nSPS) is 38.0. The lowest BCUT2D eigenvalue weighted by atomic mass is 9.87. The van der Waals surface area contributed by atoms with E-state index in [2.05, 4.69) is 17.6 Å². The molecule has 0 aromatic heterocycles. The summed E-state index contributed by atoms with van der Waals surface area (Å²) in [6, 6.07) is 0. The van der Waals surface area contributed by atoms with Gasteiger partial charge in [0.15, 0.2) is 0 Å². The van der Waals surface area contributed by atoms with Gasteiger partial charge in [-0.2, -0.15) is 0 Å². The Morgan fingerprint density at radius 3 is 3.06 bits per heavy atom. The van der Waals surface area contributed by atoms with E-state index in [1.807, 2.05) is 6.92 Å². The molecule has 2 saturated heterocycles. The van der Waals surface area contributed by atoms with E-state index >= 15 is 0 Å². The summed E-state index contributed by atoms with van der Waals surface area (Å²) in [4.78, 5) is 12.1. The van der Waals surface area contributed by atoms with Crippen molar-refractivity contribution in [1.82, 2.24) is 10.6 Å². The first-order valence-electron chi connectivity index (χ1n) is 6.75. The number of carbonyl (C=O) groups is 1. The Hall–Kier alpha value is -0.610. The van der Waals surface area contributed by atoms with Crippen LogP contribution in [-0.2, 0) is 9.53 Å². The highest BCUT2D eigenvalue weighted by molar-refractivity contribution is 5.84. The molecule has 0 aromatic rings. The summed E-state index contributed by atoms with van der Waals surface area (Å²) in [5, 5.41) is 6.45. The van der Waals surface area contributed by atoms with Gasteiger partial charge >= 0.3 is 0 Å². The van der Waals surface area contributed by atoms with Crippen molar-refractivity contribution in [3.05, 3.63) is 0 Å². The highest BCUT2D eigenvalue weighted by Crippen LogP contribution is 2.25. The fourth-order valence-corrected chi connectivity index (χ4v) is 2.74. The predicted octanol–water partition coefficient (Wildman–Crippen LogP) is 0.917. The van der Waals surface area contributed by atoms with Gasteiger partial charge < -0.3 is 15.4 Å². The Bertz CT molecular complexity index is 275. The van der Waals surface area contributed by atoms with E-state index in [9.17, 15) is 4.79 Å². The molecule has 3 unspecified atom stereocenters. The summed E-state index contributed by atoms with van der Waals surface area (Å²) < 4.78 is 5.54. The van der Waals surface area contributed by atoms with E-state index in [0.29, 0.717) is 18.4 Å². The second kappa shape index (κ2) is 5.36. The van der Waals surface area contributed by atoms with Crippen molar-refractivity contribution in [3.8, 4) is 0 Å². The van der Waals surface area contributed by atoms with Crippen LogP contribution in [0.3, 0.4) is 0 Å². The van der Waals surface area contributed by atoms with Crippen molar-refractivity contribution in [2.45, 2.75) is 38.7 Å². The predicted molar refractivity (Wildman–Crippen MR) is 66.7 cm³/mol. The number of nitrogens with one attached hydrogen (secondary N) is 2. The first-order valence-corrected chi connectivity index (χ1v) is 6.75. The van der Waals surface area contributed by atoms with Crippen LogP contribution in [0.25, 0.3) is 0 Å². The molecule has 98 valence electrons. The molecule has 0 aromatic carbocycles. The average molecular weight is 240 g/mol. The molecule has 2 N–H and O–H groups in total. The zero-order valence-electron chi connectivity index (χ0n) is 10.9. The smallest absolute Gasteiger partial charge is 0.251 e. The van der Waals surface area contributed by atoms with Gasteiger partial charge in [-0.25, -0.2) is 0 Å². The van der Waals surface area contributed by atoms with Gasteiger partial charge in [0.1, 0.15) is 5.60 Å². The Kier molecular flexibility index (Phi) is 4.05. The summed E-state index contributed by atoms with van der Waals surface area (Å²) >= 11 is 0. The number of carbonyl (C=O) groups excluding carboxylic acids is 1. The number of hydrogen-bond donors (Lipinski definition) is 2. The minimum absolute atomic E-state index is 0.0701. The fourth-order valence-electron chi connectivity index (χ4n) is 2.74. The molecular formula is C13H24N2O2. The molecule has 2 rings (SSSR count). The van der Waals surface area contributed by atoms with Crippen LogP contribution in [0.2, 0.25) is 0 Å². The van der Waals surface area contributed by atoms with Crippen LogP contribution in [-0.4, -0.2) is 37.7 Å².